The van der Waals surface area contributed by atoms with Crippen molar-refractivity contribution >= 4 is 17.9 Å². The van der Waals surface area contributed by atoms with Crippen LogP contribution in [-0.2, 0) is 0 Å². The standard InChI is InChI=1S/C12H11ClN2O/c1-8-12(7-16)9(2)15(14-8)11-5-3-10(13)4-6-11/h3-7H,1-2H3. The molecule has 16 heavy (non-hydrogen) atoms. The summed E-state index contributed by atoms with van der Waals surface area (Å²) in [6.45, 7) is 3.70. The van der Waals surface area contributed by atoms with Crippen molar-refractivity contribution in [2.45, 2.75) is 13.8 Å². The van der Waals surface area contributed by atoms with Gasteiger partial charge < -0.3 is 0 Å². The molecule has 1 aromatic heterocycles. The molecule has 0 aliphatic heterocycles. The molecule has 0 aliphatic carbocycles. The van der Waals surface area contributed by atoms with Gasteiger partial charge in [-0.25, -0.2) is 4.68 Å². The zero-order valence-corrected chi connectivity index (χ0v) is 9.82. The quantitative estimate of drug-likeness (QED) is 0.749. The largest absolute Gasteiger partial charge is 0.298 e. The molecule has 0 spiro atoms. The van der Waals surface area contributed by atoms with Gasteiger partial charge in [-0.05, 0) is 38.1 Å². The molecule has 0 saturated heterocycles. The zero-order chi connectivity index (χ0) is 11.7. The second-order valence-electron chi connectivity index (χ2n) is 3.59. The Kier molecular flexibility index (Phi) is 2.79. The highest BCUT2D eigenvalue weighted by molar-refractivity contribution is 6.30. The second-order valence-corrected chi connectivity index (χ2v) is 4.03. The van der Waals surface area contributed by atoms with E-state index in [-0.39, 0.29) is 0 Å². The summed E-state index contributed by atoms with van der Waals surface area (Å²) in [6.07, 6.45) is 0.837. The van der Waals surface area contributed by atoms with Gasteiger partial charge in [0.2, 0.25) is 0 Å². The summed E-state index contributed by atoms with van der Waals surface area (Å²) in [5.74, 6) is 0. The molecule has 1 aromatic carbocycles. The zero-order valence-electron chi connectivity index (χ0n) is 9.07. The summed E-state index contributed by atoms with van der Waals surface area (Å²) in [4.78, 5) is 10.9. The Labute approximate surface area is 98.7 Å². The van der Waals surface area contributed by atoms with Gasteiger partial charge in [0.1, 0.15) is 0 Å². The molecule has 0 atom stereocenters. The predicted octanol–water partition coefficient (Wildman–Crippen LogP) is 2.96. The Bertz CT molecular complexity index is 529. The van der Waals surface area contributed by atoms with Gasteiger partial charge in [-0.1, -0.05) is 11.6 Å². The smallest absolute Gasteiger partial charge is 0.153 e. The second kappa shape index (κ2) is 4.10. The van der Waals surface area contributed by atoms with Crippen LogP contribution >= 0.6 is 11.6 Å². The van der Waals surface area contributed by atoms with Crippen LogP contribution in [0.25, 0.3) is 5.69 Å². The van der Waals surface area contributed by atoms with Gasteiger partial charge in [0.25, 0.3) is 0 Å². The van der Waals surface area contributed by atoms with E-state index >= 15 is 0 Å². The van der Waals surface area contributed by atoms with Gasteiger partial charge in [-0.15, -0.1) is 0 Å². The maximum atomic E-state index is 10.9. The number of carbonyl (C=O) groups excluding carboxylic acids is 1. The van der Waals surface area contributed by atoms with Crippen LogP contribution in [0.3, 0.4) is 0 Å². The molecule has 0 N–H and O–H groups in total. The van der Waals surface area contributed by atoms with E-state index < -0.39 is 0 Å². The van der Waals surface area contributed by atoms with Crippen molar-refractivity contribution in [2.75, 3.05) is 0 Å². The highest BCUT2D eigenvalue weighted by Crippen LogP contribution is 2.18. The third-order valence-corrected chi connectivity index (χ3v) is 2.79. The third kappa shape index (κ3) is 1.74. The Morgan fingerprint density at radius 2 is 1.88 bits per heavy atom. The molecule has 2 rings (SSSR count). The molecule has 0 amide bonds. The van der Waals surface area contributed by atoms with Crippen molar-refractivity contribution in [3.8, 4) is 5.69 Å². The van der Waals surface area contributed by atoms with Crippen molar-refractivity contribution in [2.24, 2.45) is 0 Å². The molecular formula is C12H11ClN2O. The maximum Gasteiger partial charge on any atom is 0.153 e. The van der Waals surface area contributed by atoms with Gasteiger partial charge >= 0.3 is 0 Å². The van der Waals surface area contributed by atoms with Gasteiger partial charge in [-0.2, -0.15) is 5.10 Å². The molecule has 0 aliphatic rings. The number of hydrogen-bond acceptors (Lipinski definition) is 2. The van der Waals surface area contributed by atoms with Crippen LogP contribution < -0.4 is 0 Å². The van der Waals surface area contributed by atoms with Gasteiger partial charge in [0.05, 0.1) is 22.6 Å². The minimum Gasteiger partial charge on any atom is -0.298 e. The van der Waals surface area contributed by atoms with Crippen LogP contribution in [0, 0.1) is 13.8 Å². The van der Waals surface area contributed by atoms with E-state index in [1.54, 1.807) is 16.8 Å². The number of rotatable bonds is 2. The van der Waals surface area contributed by atoms with Crippen molar-refractivity contribution in [1.82, 2.24) is 9.78 Å². The number of aldehydes is 1. The van der Waals surface area contributed by atoms with E-state index in [1.165, 1.54) is 0 Å². The van der Waals surface area contributed by atoms with E-state index in [2.05, 4.69) is 5.10 Å². The Hall–Kier alpha value is -1.61. The van der Waals surface area contributed by atoms with Crippen LogP contribution in [-0.4, -0.2) is 16.1 Å². The number of aromatic nitrogens is 2. The van der Waals surface area contributed by atoms with Crippen molar-refractivity contribution < 1.29 is 4.79 Å². The summed E-state index contributed by atoms with van der Waals surface area (Å²) in [6, 6.07) is 7.34. The first-order chi connectivity index (χ1) is 7.63. The van der Waals surface area contributed by atoms with Gasteiger partial charge in [0, 0.05) is 5.02 Å². The fraction of sp³-hybridized carbons (Fsp3) is 0.167. The van der Waals surface area contributed by atoms with E-state index in [0.29, 0.717) is 10.6 Å². The monoisotopic (exact) mass is 234 g/mol. The predicted molar refractivity (Wildman–Crippen MR) is 63.4 cm³/mol. The Balaban J connectivity index is 2.56. The molecule has 2 aromatic rings. The molecule has 0 saturated carbocycles. The summed E-state index contributed by atoms with van der Waals surface area (Å²) in [5, 5.41) is 5.00. The minimum absolute atomic E-state index is 0.648. The van der Waals surface area contributed by atoms with Crippen LogP contribution in [0.4, 0.5) is 0 Å². The molecule has 0 fully saturated rings. The number of aryl methyl sites for hydroxylation is 1. The average Bonchev–Trinajstić information content (AvgIpc) is 2.55. The topological polar surface area (TPSA) is 34.9 Å². The van der Waals surface area contributed by atoms with E-state index in [0.717, 1.165) is 23.4 Å². The normalized spacial score (nSPS) is 10.4. The van der Waals surface area contributed by atoms with E-state index in [4.69, 9.17) is 11.6 Å². The van der Waals surface area contributed by atoms with Gasteiger partial charge in [-0.3, -0.25) is 4.79 Å². The molecule has 0 radical (unpaired) electrons. The number of nitrogens with zero attached hydrogens (tertiary/aromatic N) is 2. The highest BCUT2D eigenvalue weighted by atomic mass is 35.5. The maximum absolute atomic E-state index is 10.9. The lowest BCUT2D eigenvalue weighted by molar-refractivity contribution is 0.112. The lowest BCUT2D eigenvalue weighted by Gasteiger charge is -2.03. The molecule has 82 valence electrons. The molecule has 0 bridgehead atoms. The lowest BCUT2D eigenvalue weighted by Crippen LogP contribution is -1.98. The van der Waals surface area contributed by atoms with Crippen molar-refractivity contribution in [3.63, 3.8) is 0 Å². The molecule has 1 heterocycles. The number of carbonyl (C=O) groups is 1. The number of benzene rings is 1. The van der Waals surface area contributed by atoms with Crippen molar-refractivity contribution in [1.29, 1.82) is 0 Å². The average molecular weight is 235 g/mol. The number of hydrogen-bond donors (Lipinski definition) is 0. The van der Waals surface area contributed by atoms with Crippen molar-refractivity contribution in [3.05, 3.63) is 46.2 Å². The van der Waals surface area contributed by atoms with E-state index in [9.17, 15) is 4.79 Å². The summed E-state index contributed by atoms with van der Waals surface area (Å²) >= 11 is 5.82. The van der Waals surface area contributed by atoms with Crippen LogP contribution in [0.5, 0.6) is 0 Å². The molecular weight excluding hydrogens is 224 g/mol. The molecule has 0 unspecified atom stereocenters. The molecule has 3 nitrogen and oxygen atoms in total. The first kappa shape index (κ1) is 10.9. The van der Waals surface area contributed by atoms with Crippen LogP contribution in [0.15, 0.2) is 24.3 Å². The fourth-order valence-electron chi connectivity index (χ4n) is 1.66. The van der Waals surface area contributed by atoms with Crippen LogP contribution in [0.2, 0.25) is 5.02 Å². The summed E-state index contributed by atoms with van der Waals surface area (Å²) < 4.78 is 1.75. The van der Waals surface area contributed by atoms with Crippen LogP contribution in [0.1, 0.15) is 21.7 Å². The van der Waals surface area contributed by atoms with E-state index in [1.807, 2.05) is 26.0 Å². The first-order valence-electron chi connectivity index (χ1n) is 4.91. The summed E-state index contributed by atoms with van der Waals surface area (Å²) in [7, 11) is 0. The van der Waals surface area contributed by atoms with Gasteiger partial charge in [0.15, 0.2) is 6.29 Å². The first-order valence-corrected chi connectivity index (χ1v) is 5.28. The Morgan fingerprint density at radius 3 is 2.38 bits per heavy atom. The highest BCUT2D eigenvalue weighted by Gasteiger charge is 2.11. The SMILES string of the molecule is Cc1nn(-c2ccc(Cl)cc2)c(C)c1C=O. The third-order valence-electron chi connectivity index (χ3n) is 2.54. The Morgan fingerprint density at radius 1 is 1.25 bits per heavy atom. The minimum atomic E-state index is 0.648. The number of halogens is 1. The lowest BCUT2D eigenvalue weighted by atomic mass is 10.2. The molecule has 4 heteroatoms. The fourth-order valence-corrected chi connectivity index (χ4v) is 1.78. The summed E-state index contributed by atoms with van der Waals surface area (Å²) in [5.41, 5.74) is 3.13.